The van der Waals surface area contributed by atoms with Crippen LogP contribution in [0.4, 0.5) is 0 Å². The number of nitro groups is 1. The van der Waals surface area contributed by atoms with Crippen molar-refractivity contribution in [3.63, 3.8) is 0 Å². The fourth-order valence-corrected chi connectivity index (χ4v) is 1.36. The van der Waals surface area contributed by atoms with Crippen molar-refractivity contribution in [3.05, 3.63) is 21.9 Å². The van der Waals surface area contributed by atoms with Crippen LogP contribution in [0.2, 0.25) is 0 Å². The van der Waals surface area contributed by atoms with Gasteiger partial charge in [0.05, 0.1) is 18.9 Å². The van der Waals surface area contributed by atoms with Crippen LogP contribution in [0.15, 0.2) is 11.8 Å². The molecule has 1 aliphatic rings. The highest BCUT2D eigenvalue weighted by molar-refractivity contribution is 5.00. The predicted octanol–water partition coefficient (Wildman–Crippen LogP) is 0.499. The van der Waals surface area contributed by atoms with Crippen molar-refractivity contribution in [2.45, 2.75) is 6.92 Å². The molecule has 0 aliphatic carbocycles. The average molecular weight is 186 g/mol. The lowest BCUT2D eigenvalue weighted by atomic mass is 10.3. The molecule has 0 spiro atoms. The summed E-state index contributed by atoms with van der Waals surface area (Å²) in [5.41, 5.74) is 0.785. The van der Waals surface area contributed by atoms with Crippen LogP contribution in [-0.4, -0.2) is 42.7 Å². The third kappa shape index (κ3) is 3.02. The molecule has 0 N–H and O–H groups in total. The largest absolute Gasteiger partial charge is 0.378 e. The van der Waals surface area contributed by atoms with Crippen molar-refractivity contribution in [2.24, 2.45) is 0 Å². The molecule has 0 amide bonds. The summed E-state index contributed by atoms with van der Waals surface area (Å²) in [6, 6.07) is 0. The van der Waals surface area contributed by atoms with E-state index in [1.165, 1.54) is 0 Å². The maximum Gasteiger partial charge on any atom is 0.242 e. The highest BCUT2D eigenvalue weighted by atomic mass is 16.6. The number of hydrogen-bond acceptors (Lipinski definition) is 4. The van der Waals surface area contributed by atoms with Crippen molar-refractivity contribution >= 4 is 0 Å². The van der Waals surface area contributed by atoms with Crippen LogP contribution in [-0.2, 0) is 4.74 Å². The number of ether oxygens (including phenoxy) is 1. The average Bonchev–Trinajstić information content (AvgIpc) is 2.15. The highest BCUT2D eigenvalue weighted by Crippen LogP contribution is 2.07. The molecule has 0 radical (unpaired) electrons. The molecule has 5 nitrogen and oxygen atoms in total. The summed E-state index contributed by atoms with van der Waals surface area (Å²) in [6.45, 7) is 4.58. The lowest BCUT2D eigenvalue weighted by Crippen LogP contribution is -2.37. The fraction of sp³-hybridized carbons (Fsp3) is 0.750. The summed E-state index contributed by atoms with van der Waals surface area (Å²) >= 11 is 0. The Morgan fingerprint density at radius 3 is 2.69 bits per heavy atom. The van der Waals surface area contributed by atoms with E-state index in [-0.39, 0.29) is 11.5 Å². The normalized spacial score (nSPS) is 18.8. The summed E-state index contributed by atoms with van der Waals surface area (Å²) < 4.78 is 5.16. The Hall–Kier alpha value is -1.10. The summed E-state index contributed by atoms with van der Waals surface area (Å²) in [7, 11) is 0. The van der Waals surface area contributed by atoms with Crippen LogP contribution in [0, 0.1) is 10.1 Å². The summed E-state index contributed by atoms with van der Waals surface area (Å²) in [5, 5.41) is 10.3. The third-order valence-electron chi connectivity index (χ3n) is 2.04. The molecule has 1 rings (SSSR count). The zero-order valence-electron chi connectivity index (χ0n) is 7.73. The van der Waals surface area contributed by atoms with Gasteiger partial charge in [-0.25, -0.2) is 0 Å². The molecular formula is C8H14N2O3. The molecule has 0 aromatic carbocycles. The van der Waals surface area contributed by atoms with Crippen LogP contribution in [0.5, 0.6) is 0 Å². The van der Waals surface area contributed by atoms with E-state index >= 15 is 0 Å². The number of nitrogens with zero attached hydrogens (tertiary/aromatic N) is 2. The monoisotopic (exact) mass is 186 g/mol. The van der Waals surface area contributed by atoms with E-state index in [1.54, 1.807) is 6.08 Å². The van der Waals surface area contributed by atoms with Crippen molar-refractivity contribution in [1.82, 2.24) is 4.90 Å². The van der Waals surface area contributed by atoms with E-state index in [0.717, 1.165) is 18.8 Å². The summed E-state index contributed by atoms with van der Waals surface area (Å²) in [6.07, 6.45) is 1.80. The van der Waals surface area contributed by atoms with Gasteiger partial charge < -0.3 is 9.64 Å². The zero-order valence-corrected chi connectivity index (χ0v) is 7.73. The van der Waals surface area contributed by atoms with Crippen LogP contribution in [0.3, 0.4) is 0 Å². The van der Waals surface area contributed by atoms with E-state index in [1.807, 2.05) is 11.8 Å². The lowest BCUT2D eigenvalue weighted by molar-refractivity contribution is -0.473. The maximum absolute atomic E-state index is 10.3. The Kier molecular flexibility index (Phi) is 3.70. The maximum atomic E-state index is 10.3. The molecule has 1 fully saturated rings. The van der Waals surface area contributed by atoms with Crippen LogP contribution in [0.1, 0.15) is 6.92 Å². The van der Waals surface area contributed by atoms with Crippen molar-refractivity contribution < 1.29 is 9.66 Å². The minimum absolute atomic E-state index is 0.0868. The number of allylic oxidation sites excluding steroid dienone is 1. The van der Waals surface area contributed by atoms with Gasteiger partial charge in [-0.3, -0.25) is 10.1 Å². The Morgan fingerprint density at radius 1 is 1.62 bits per heavy atom. The van der Waals surface area contributed by atoms with Gasteiger partial charge in [-0.1, -0.05) is 6.08 Å². The first-order valence-electron chi connectivity index (χ1n) is 4.33. The molecule has 0 bridgehead atoms. The van der Waals surface area contributed by atoms with E-state index in [4.69, 9.17) is 4.74 Å². The SMILES string of the molecule is C/C=C(\C[N+](=O)[O-])N1CCOCC1. The predicted molar refractivity (Wildman–Crippen MR) is 48.0 cm³/mol. The van der Waals surface area contributed by atoms with Gasteiger partial charge in [-0.15, -0.1) is 0 Å². The molecule has 5 heteroatoms. The first-order chi connectivity index (χ1) is 6.24. The van der Waals surface area contributed by atoms with E-state index in [0.29, 0.717) is 13.2 Å². The second-order valence-electron chi connectivity index (χ2n) is 2.87. The smallest absolute Gasteiger partial charge is 0.242 e. The fourth-order valence-electron chi connectivity index (χ4n) is 1.36. The van der Waals surface area contributed by atoms with Crippen molar-refractivity contribution in [1.29, 1.82) is 0 Å². The van der Waals surface area contributed by atoms with Crippen molar-refractivity contribution in [2.75, 3.05) is 32.8 Å². The van der Waals surface area contributed by atoms with E-state index < -0.39 is 0 Å². The van der Waals surface area contributed by atoms with Crippen molar-refractivity contribution in [3.8, 4) is 0 Å². The Labute approximate surface area is 77.1 Å². The van der Waals surface area contributed by atoms with Gasteiger partial charge in [-0.2, -0.15) is 0 Å². The Bertz CT molecular complexity index is 209. The molecule has 1 aliphatic heterocycles. The minimum Gasteiger partial charge on any atom is -0.378 e. The molecule has 1 saturated heterocycles. The topological polar surface area (TPSA) is 55.6 Å². The van der Waals surface area contributed by atoms with Crippen LogP contribution >= 0.6 is 0 Å². The number of rotatable bonds is 3. The molecule has 0 aromatic rings. The molecule has 0 unspecified atom stereocenters. The molecule has 13 heavy (non-hydrogen) atoms. The highest BCUT2D eigenvalue weighted by Gasteiger charge is 2.16. The molecular weight excluding hydrogens is 172 g/mol. The molecule has 1 heterocycles. The van der Waals surface area contributed by atoms with Gasteiger partial charge in [0.15, 0.2) is 0 Å². The second-order valence-corrected chi connectivity index (χ2v) is 2.87. The van der Waals surface area contributed by atoms with Gasteiger partial charge in [0.2, 0.25) is 6.54 Å². The third-order valence-corrected chi connectivity index (χ3v) is 2.04. The Balaban J connectivity index is 2.50. The van der Waals surface area contributed by atoms with Crippen LogP contribution in [0.25, 0.3) is 0 Å². The molecule has 0 aromatic heterocycles. The van der Waals surface area contributed by atoms with E-state index in [9.17, 15) is 10.1 Å². The van der Waals surface area contributed by atoms with Gasteiger partial charge in [-0.05, 0) is 6.92 Å². The number of hydrogen-bond donors (Lipinski definition) is 0. The Morgan fingerprint density at radius 2 is 2.23 bits per heavy atom. The summed E-state index contributed by atoms with van der Waals surface area (Å²) in [4.78, 5) is 12.0. The van der Waals surface area contributed by atoms with Gasteiger partial charge in [0, 0.05) is 18.0 Å². The molecule has 74 valence electrons. The van der Waals surface area contributed by atoms with Gasteiger partial charge in [0.1, 0.15) is 0 Å². The minimum atomic E-state index is -0.301. The second kappa shape index (κ2) is 4.81. The van der Waals surface area contributed by atoms with Gasteiger partial charge >= 0.3 is 0 Å². The molecule has 0 saturated carbocycles. The quantitative estimate of drug-likeness (QED) is 0.475. The summed E-state index contributed by atoms with van der Waals surface area (Å²) in [5.74, 6) is 0. The first kappa shape index (κ1) is 9.98. The van der Waals surface area contributed by atoms with E-state index in [2.05, 4.69) is 0 Å². The standard InChI is InChI=1S/C8H14N2O3/c1-2-8(7-10(11)12)9-3-5-13-6-4-9/h2H,3-7H2,1H3/b8-2+. The number of morpholine rings is 1. The first-order valence-corrected chi connectivity index (χ1v) is 4.33. The zero-order chi connectivity index (χ0) is 9.68. The molecule has 0 atom stereocenters. The lowest BCUT2D eigenvalue weighted by Gasteiger charge is -2.29. The van der Waals surface area contributed by atoms with Gasteiger partial charge in [0.25, 0.3) is 0 Å². The van der Waals surface area contributed by atoms with Crippen LogP contribution < -0.4 is 0 Å².